The van der Waals surface area contributed by atoms with E-state index in [4.69, 9.17) is 0 Å². The van der Waals surface area contributed by atoms with E-state index >= 15 is 0 Å². The van der Waals surface area contributed by atoms with Crippen molar-refractivity contribution in [3.8, 4) is 11.1 Å². The van der Waals surface area contributed by atoms with Crippen LogP contribution in [0.5, 0.6) is 0 Å². The van der Waals surface area contributed by atoms with Crippen LogP contribution in [-0.2, 0) is 0 Å². The van der Waals surface area contributed by atoms with Crippen molar-refractivity contribution in [3.63, 3.8) is 0 Å². The number of hydrogen-bond acceptors (Lipinski definition) is 3. The molecule has 0 aliphatic rings. The number of hydrogen-bond donors (Lipinski definition) is 0. The summed E-state index contributed by atoms with van der Waals surface area (Å²) in [6, 6.07) is 74.7. The van der Waals surface area contributed by atoms with Crippen LogP contribution in [0, 0.1) is 0 Å². The Morgan fingerprint density at radius 2 is 0.849 bits per heavy atom. The van der Waals surface area contributed by atoms with Crippen molar-refractivity contribution in [2.24, 2.45) is 0 Å². The number of benzene rings is 9. The third kappa shape index (κ3) is 5.59. The molecule has 0 amide bonds. The van der Waals surface area contributed by atoms with Crippen LogP contribution in [0.1, 0.15) is 0 Å². The smallest absolute Gasteiger partial charge is 0.0661 e. The van der Waals surface area contributed by atoms with Crippen LogP contribution < -0.4 is 9.80 Å². The zero-order valence-corrected chi connectivity index (χ0v) is 29.7. The third-order valence-corrected chi connectivity index (χ3v) is 11.3. The van der Waals surface area contributed by atoms with Gasteiger partial charge in [0, 0.05) is 43.8 Å². The van der Waals surface area contributed by atoms with Crippen LogP contribution in [0.3, 0.4) is 0 Å². The van der Waals surface area contributed by atoms with Gasteiger partial charge in [-0.2, -0.15) is 0 Å². The lowest BCUT2D eigenvalue weighted by Crippen LogP contribution is -2.14. The van der Waals surface area contributed by atoms with E-state index in [0.29, 0.717) is 0 Å². The van der Waals surface area contributed by atoms with E-state index in [1.807, 2.05) is 11.3 Å². The molecule has 0 saturated heterocycles. The van der Waals surface area contributed by atoms with Crippen molar-refractivity contribution >= 4 is 87.2 Å². The Morgan fingerprint density at radius 3 is 1.51 bits per heavy atom. The molecule has 0 fully saturated rings. The summed E-state index contributed by atoms with van der Waals surface area (Å²) in [7, 11) is 0. The predicted molar refractivity (Wildman–Crippen MR) is 229 cm³/mol. The molecule has 53 heavy (non-hydrogen) atoms. The van der Waals surface area contributed by atoms with Gasteiger partial charge in [-0.1, -0.05) is 133 Å². The van der Waals surface area contributed by atoms with E-state index in [1.165, 1.54) is 52.8 Å². The zero-order chi connectivity index (χ0) is 35.1. The molecule has 0 aliphatic carbocycles. The molecule has 1 heterocycles. The van der Waals surface area contributed by atoms with Gasteiger partial charge < -0.3 is 9.80 Å². The Bertz CT molecular complexity index is 2860. The van der Waals surface area contributed by atoms with E-state index in [-0.39, 0.29) is 0 Å². The molecular formula is C50H34N2S. The van der Waals surface area contributed by atoms with Gasteiger partial charge in [0.25, 0.3) is 0 Å². The second-order valence-electron chi connectivity index (χ2n) is 13.4. The fourth-order valence-corrected chi connectivity index (χ4v) is 8.90. The minimum atomic E-state index is 1.10. The lowest BCUT2D eigenvalue weighted by Gasteiger charge is -2.31. The minimum Gasteiger partial charge on any atom is -0.310 e. The second-order valence-corrected chi connectivity index (χ2v) is 14.4. The maximum absolute atomic E-state index is 2.47. The Morgan fingerprint density at radius 1 is 0.321 bits per heavy atom. The van der Waals surface area contributed by atoms with Crippen LogP contribution in [0.4, 0.5) is 34.1 Å². The van der Waals surface area contributed by atoms with Gasteiger partial charge in [0.15, 0.2) is 0 Å². The Balaban J connectivity index is 1.30. The molecule has 0 N–H and O–H groups in total. The largest absolute Gasteiger partial charge is 0.310 e. The summed E-state index contributed by atoms with van der Waals surface area (Å²) in [6.45, 7) is 0. The first kappa shape index (κ1) is 31.1. The number of fused-ring (bicyclic) bond motifs is 5. The van der Waals surface area contributed by atoms with Crippen LogP contribution in [-0.4, -0.2) is 0 Å². The number of para-hydroxylation sites is 4. The lowest BCUT2D eigenvalue weighted by atomic mass is 9.98. The highest BCUT2D eigenvalue weighted by Gasteiger charge is 2.24. The SMILES string of the molecule is c1ccc(N(c2ccccc2)c2cc(N(c3ccccc3)c3ccccc3-c3ccc4ccccc4c3)c3sc4cc5ccccc5cc4c3c2)cc1. The highest BCUT2D eigenvalue weighted by atomic mass is 32.1. The lowest BCUT2D eigenvalue weighted by molar-refractivity contribution is 1.26. The maximum atomic E-state index is 2.47. The van der Waals surface area contributed by atoms with Crippen molar-refractivity contribution in [3.05, 3.63) is 206 Å². The number of rotatable bonds is 7. The minimum absolute atomic E-state index is 1.10. The van der Waals surface area contributed by atoms with Crippen molar-refractivity contribution in [1.29, 1.82) is 0 Å². The average Bonchev–Trinajstić information content (AvgIpc) is 3.59. The van der Waals surface area contributed by atoms with E-state index in [0.717, 1.165) is 34.1 Å². The average molecular weight is 695 g/mol. The molecule has 250 valence electrons. The summed E-state index contributed by atoms with van der Waals surface area (Å²) in [4.78, 5) is 4.85. The molecule has 0 aliphatic heterocycles. The normalized spacial score (nSPS) is 11.4. The second kappa shape index (κ2) is 13.1. The molecular weight excluding hydrogens is 661 g/mol. The monoisotopic (exact) mass is 694 g/mol. The van der Waals surface area contributed by atoms with Gasteiger partial charge in [0.05, 0.1) is 16.1 Å². The van der Waals surface area contributed by atoms with Gasteiger partial charge in [0.2, 0.25) is 0 Å². The molecule has 0 atom stereocenters. The number of thiophene rings is 1. The van der Waals surface area contributed by atoms with Crippen LogP contribution >= 0.6 is 11.3 Å². The van der Waals surface area contributed by atoms with Gasteiger partial charge in [-0.25, -0.2) is 0 Å². The third-order valence-electron chi connectivity index (χ3n) is 10.2. The summed E-state index contributed by atoms with van der Waals surface area (Å²) in [5.74, 6) is 0. The highest BCUT2D eigenvalue weighted by Crippen LogP contribution is 2.51. The molecule has 0 saturated carbocycles. The van der Waals surface area contributed by atoms with Crippen LogP contribution in [0.2, 0.25) is 0 Å². The quantitative estimate of drug-likeness (QED) is 0.164. The van der Waals surface area contributed by atoms with Crippen molar-refractivity contribution in [2.45, 2.75) is 0 Å². The number of nitrogens with zero attached hydrogens (tertiary/aromatic N) is 2. The zero-order valence-electron chi connectivity index (χ0n) is 28.9. The van der Waals surface area contributed by atoms with E-state index < -0.39 is 0 Å². The number of anilines is 6. The molecule has 0 bridgehead atoms. The van der Waals surface area contributed by atoms with Crippen LogP contribution in [0.25, 0.3) is 52.8 Å². The van der Waals surface area contributed by atoms with Gasteiger partial charge in [-0.05, 0) is 99.9 Å². The molecule has 9 aromatic carbocycles. The van der Waals surface area contributed by atoms with Crippen LogP contribution in [0.15, 0.2) is 206 Å². The fourth-order valence-electron chi connectivity index (χ4n) is 7.68. The summed E-state index contributed by atoms with van der Waals surface area (Å²) < 4.78 is 2.52. The summed E-state index contributed by atoms with van der Waals surface area (Å²) >= 11 is 1.88. The van der Waals surface area contributed by atoms with E-state index in [2.05, 4.69) is 216 Å². The first-order valence-electron chi connectivity index (χ1n) is 18.0. The van der Waals surface area contributed by atoms with Crippen molar-refractivity contribution < 1.29 is 0 Å². The van der Waals surface area contributed by atoms with E-state index in [9.17, 15) is 0 Å². The standard InChI is InChI=1S/C50H34N2S/c1-4-20-40(21-5-1)51(41-22-6-2-7-23-41)43-33-46-45-31-37-18-12-13-19-38(37)32-49(45)53-50(46)48(34-43)52(42-24-8-3-9-25-42)47-27-15-14-26-44(47)39-29-28-35-16-10-11-17-36(35)30-39/h1-34H. The predicted octanol–water partition coefficient (Wildman–Crippen LogP) is 15.0. The Hall–Kier alpha value is -6.68. The maximum Gasteiger partial charge on any atom is 0.0661 e. The topological polar surface area (TPSA) is 6.48 Å². The molecule has 2 nitrogen and oxygen atoms in total. The van der Waals surface area contributed by atoms with E-state index in [1.54, 1.807) is 0 Å². The van der Waals surface area contributed by atoms with Gasteiger partial charge in [-0.15, -0.1) is 11.3 Å². The molecule has 10 rings (SSSR count). The van der Waals surface area contributed by atoms with Crippen molar-refractivity contribution in [2.75, 3.05) is 9.80 Å². The van der Waals surface area contributed by atoms with Gasteiger partial charge in [0.1, 0.15) is 0 Å². The van der Waals surface area contributed by atoms with Gasteiger partial charge in [-0.3, -0.25) is 0 Å². The first-order chi connectivity index (χ1) is 26.3. The summed E-state index contributed by atoms with van der Waals surface area (Å²) in [5, 5.41) is 7.48. The summed E-state index contributed by atoms with van der Waals surface area (Å²) in [6.07, 6.45) is 0. The van der Waals surface area contributed by atoms with Gasteiger partial charge >= 0.3 is 0 Å². The first-order valence-corrected chi connectivity index (χ1v) is 18.8. The molecule has 10 aromatic rings. The summed E-state index contributed by atoms with van der Waals surface area (Å²) in [5.41, 5.74) is 9.05. The molecule has 0 unspecified atom stereocenters. The highest BCUT2D eigenvalue weighted by molar-refractivity contribution is 7.26. The molecule has 3 heteroatoms. The molecule has 0 spiro atoms. The Labute approximate surface area is 313 Å². The fraction of sp³-hybridized carbons (Fsp3) is 0. The molecule has 0 radical (unpaired) electrons. The molecule has 1 aromatic heterocycles. The Kier molecular flexibility index (Phi) is 7.71. The van der Waals surface area contributed by atoms with Crippen molar-refractivity contribution in [1.82, 2.24) is 0 Å².